The van der Waals surface area contributed by atoms with Crippen LogP contribution >= 0.6 is 0 Å². The quantitative estimate of drug-likeness (QED) is 0.621. The topological polar surface area (TPSA) is 57.6 Å². The monoisotopic (exact) mass is 363 g/mol. The lowest BCUT2D eigenvalue weighted by molar-refractivity contribution is -0.135. The predicted octanol–water partition coefficient (Wildman–Crippen LogP) is 4.11. The van der Waals surface area contributed by atoms with Crippen molar-refractivity contribution in [1.82, 2.24) is 0 Å². The van der Waals surface area contributed by atoms with Gasteiger partial charge in [0.15, 0.2) is 11.4 Å². The summed E-state index contributed by atoms with van der Waals surface area (Å²) in [5, 5.41) is 11.3. The highest BCUT2D eigenvalue weighted by Gasteiger charge is 2.50. The Bertz CT molecular complexity index is 916. The van der Waals surface area contributed by atoms with Gasteiger partial charge in [-0.25, -0.2) is 0 Å². The summed E-state index contributed by atoms with van der Waals surface area (Å²) in [7, 11) is 0. The number of fused-ring (bicyclic) bond motifs is 1. The molecule has 0 aliphatic carbocycles. The van der Waals surface area contributed by atoms with E-state index in [9.17, 15) is 14.7 Å². The number of aryl methyl sites for hydroxylation is 1. The third kappa shape index (κ3) is 3.21. The van der Waals surface area contributed by atoms with E-state index < -0.39 is 11.5 Å². The number of carbonyl (C=O) groups excluding carboxylic acids is 2. The smallest absolute Gasteiger partial charge is 0.264 e. The second kappa shape index (κ2) is 7.12. The Kier molecular flexibility index (Phi) is 5.03. The number of aliphatic hydroxyl groups is 1. The van der Waals surface area contributed by atoms with Crippen LogP contribution < -0.4 is 4.90 Å². The Balaban J connectivity index is 2.00. The van der Waals surface area contributed by atoms with Crippen LogP contribution in [0.2, 0.25) is 0 Å². The number of rotatable bonds is 6. The van der Waals surface area contributed by atoms with E-state index in [-0.39, 0.29) is 24.7 Å². The molecule has 0 bridgehead atoms. The van der Waals surface area contributed by atoms with Crippen LogP contribution in [-0.4, -0.2) is 23.3 Å². The normalized spacial score (nSPS) is 18.7. The summed E-state index contributed by atoms with van der Waals surface area (Å²) in [6, 6.07) is 12.9. The van der Waals surface area contributed by atoms with E-state index in [2.05, 4.69) is 20.4 Å². The Morgan fingerprint density at radius 3 is 2.63 bits per heavy atom. The van der Waals surface area contributed by atoms with Crippen LogP contribution in [0, 0.1) is 6.92 Å². The Labute approximate surface area is 160 Å². The molecule has 0 fully saturated rings. The lowest BCUT2D eigenvalue weighted by atomic mass is 9.86. The van der Waals surface area contributed by atoms with Crippen molar-refractivity contribution in [1.29, 1.82) is 0 Å². The summed E-state index contributed by atoms with van der Waals surface area (Å²) in [5.41, 5.74) is 1.71. The molecule has 1 aliphatic rings. The molecule has 1 amide bonds. The summed E-state index contributed by atoms with van der Waals surface area (Å²) in [6.07, 6.45) is 1.33. The van der Waals surface area contributed by atoms with Crippen molar-refractivity contribution in [2.24, 2.45) is 0 Å². The van der Waals surface area contributed by atoms with Gasteiger partial charge in [0, 0.05) is 17.7 Å². The maximum absolute atomic E-state index is 13.1. The van der Waals surface area contributed by atoms with E-state index in [1.807, 2.05) is 31.2 Å². The number of amides is 1. The molecule has 0 radical (unpaired) electrons. The number of nitrogens with zero attached hydrogens (tertiary/aromatic N) is 1. The molecule has 0 saturated carbocycles. The zero-order valence-electron chi connectivity index (χ0n) is 16.0. The van der Waals surface area contributed by atoms with Gasteiger partial charge in [0.1, 0.15) is 0 Å². The van der Waals surface area contributed by atoms with Gasteiger partial charge in [-0.05, 0) is 36.1 Å². The number of hydrogen-bond acceptors (Lipinski definition) is 3. The van der Waals surface area contributed by atoms with Crippen LogP contribution in [0.1, 0.15) is 53.2 Å². The second-order valence-electron chi connectivity index (χ2n) is 7.41. The fourth-order valence-electron chi connectivity index (χ4n) is 3.61. The molecule has 2 aromatic carbocycles. The first-order valence-corrected chi connectivity index (χ1v) is 9.18. The van der Waals surface area contributed by atoms with E-state index in [1.54, 1.807) is 24.3 Å². The molecule has 0 aromatic heterocycles. The van der Waals surface area contributed by atoms with Crippen molar-refractivity contribution in [2.45, 2.75) is 38.7 Å². The summed E-state index contributed by atoms with van der Waals surface area (Å²) in [4.78, 5) is 27.5. The molecular formula is C23H25NO3. The zero-order chi connectivity index (χ0) is 19.8. The first-order chi connectivity index (χ1) is 12.8. The zero-order valence-corrected chi connectivity index (χ0v) is 16.0. The maximum Gasteiger partial charge on any atom is 0.264 e. The molecule has 1 heterocycles. The molecular weight excluding hydrogens is 338 g/mol. The largest absolute Gasteiger partial charge is 0.375 e. The highest BCUT2D eigenvalue weighted by molar-refractivity contribution is 6.11. The Morgan fingerprint density at radius 2 is 1.96 bits per heavy atom. The number of ketones is 1. The number of Topliss-reactive ketones (excluding diaryl/α,β-unsaturated/α-hetero) is 1. The molecule has 3 rings (SSSR count). The SMILES string of the molecule is C=CCN1C(=O)[C@](O)(CC(=O)c2cc(C(C)C)ccc2C)c2ccccc21. The second-order valence-corrected chi connectivity index (χ2v) is 7.41. The lowest BCUT2D eigenvalue weighted by Gasteiger charge is -2.22. The minimum Gasteiger partial charge on any atom is -0.375 e. The molecule has 1 N–H and O–H groups in total. The van der Waals surface area contributed by atoms with Crippen LogP contribution in [0.4, 0.5) is 5.69 Å². The molecule has 2 aromatic rings. The summed E-state index contributed by atoms with van der Waals surface area (Å²) >= 11 is 0. The van der Waals surface area contributed by atoms with Crippen molar-refractivity contribution in [3.63, 3.8) is 0 Å². The van der Waals surface area contributed by atoms with Gasteiger partial charge in [-0.1, -0.05) is 50.3 Å². The fraction of sp³-hybridized carbons (Fsp3) is 0.304. The van der Waals surface area contributed by atoms with E-state index in [0.717, 1.165) is 11.1 Å². The molecule has 140 valence electrons. The van der Waals surface area contributed by atoms with Gasteiger partial charge in [-0.2, -0.15) is 0 Å². The van der Waals surface area contributed by atoms with Crippen LogP contribution in [0.15, 0.2) is 55.1 Å². The van der Waals surface area contributed by atoms with Crippen molar-refractivity contribution in [3.8, 4) is 0 Å². The average molecular weight is 363 g/mol. The summed E-state index contributed by atoms with van der Waals surface area (Å²) in [5.74, 6) is -0.423. The number of para-hydroxylation sites is 1. The molecule has 27 heavy (non-hydrogen) atoms. The highest BCUT2D eigenvalue weighted by atomic mass is 16.3. The van der Waals surface area contributed by atoms with Crippen LogP contribution in [0.3, 0.4) is 0 Å². The fourth-order valence-corrected chi connectivity index (χ4v) is 3.61. The van der Waals surface area contributed by atoms with Crippen molar-refractivity contribution in [2.75, 3.05) is 11.4 Å². The molecule has 4 heteroatoms. The molecule has 0 spiro atoms. The van der Waals surface area contributed by atoms with Crippen molar-refractivity contribution in [3.05, 3.63) is 77.4 Å². The highest BCUT2D eigenvalue weighted by Crippen LogP contribution is 2.42. The minimum atomic E-state index is -1.85. The Hall–Kier alpha value is -2.72. The summed E-state index contributed by atoms with van der Waals surface area (Å²) < 4.78 is 0. The lowest BCUT2D eigenvalue weighted by Crippen LogP contribution is -2.42. The number of carbonyl (C=O) groups is 2. The predicted molar refractivity (Wildman–Crippen MR) is 107 cm³/mol. The third-order valence-corrected chi connectivity index (χ3v) is 5.20. The number of benzene rings is 2. The van der Waals surface area contributed by atoms with E-state index in [0.29, 0.717) is 16.8 Å². The minimum absolute atomic E-state index is 0.235. The number of hydrogen-bond donors (Lipinski definition) is 1. The maximum atomic E-state index is 13.1. The van der Waals surface area contributed by atoms with E-state index >= 15 is 0 Å². The first kappa shape index (κ1) is 19.1. The van der Waals surface area contributed by atoms with Gasteiger partial charge >= 0.3 is 0 Å². The van der Waals surface area contributed by atoms with Crippen LogP contribution in [-0.2, 0) is 10.4 Å². The third-order valence-electron chi connectivity index (χ3n) is 5.20. The molecule has 4 nitrogen and oxygen atoms in total. The van der Waals surface area contributed by atoms with E-state index in [1.165, 1.54) is 4.90 Å². The standard InChI is InChI=1S/C23H25NO3/c1-5-12-24-20-9-7-6-8-19(20)23(27,22(24)26)14-21(25)18-13-17(15(2)3)11-10-16(18)4/h5-11,13,15,27H,1,12,14H2,2-4H3/t23-/m0/s1. The molecule has 1 atom stereocenters. The average Bonchev–Trinajstić information content (AvgIpc) is 2.84. The molecule has 1 aliphatic heterocycles. The molecule has 0 unspecified atom stereocenters. The van der Waals surface area contributed by atoms with Crippen LogP contribution in [0.5, 0.6) is 0 Å². The van der Waals surface area contributed by atoms with Crippen molar-refractivity contribution < 1.29 is 14.7 Å². The summed E-state index contributed by atoms with van der Waals surface area (Å²) in [6.45, 7) is 9.97. The van der Waals surface area contributed by atoms with Crippen LogP contribution in [0.25, 0.3) is 0 Å². The Morgan fingerprint density at radius 1 is 1.26 bits per heavy atom. The van der Waals surface area contributed by atoms with Gasteiger partial charge in [0.05, 0.1) is 12.1 Å². The van der Waals surface area contributed by atoms with Gasteiger partial charge in [0.2, 0.25) is 0 Å². The van der Waals surface area contributed by atoms with Gasteiger partial charge < -0.3 is 10.0 Å². The first-order valence-electron chi connectivity index (χ1n) is 9.18. The van der Waals surface area contributed by atoms with Gasteiger partial charge in [-0.15, -0.1) is 6.58 Å². The molecule has 0 saturated heterocycles. The van der Waals surface area contributed by atoms with Gasteiger partial charge in [0.25, 0.3) is 5.91 Å². The van der Waals surface area contributed by atoms with E-state index in [4.69, 9.17) is 0 Å². The van der Waals surface area contributed by atoms with Crippen molar-refractivity contribution >= 4 is 17.4 Å². The number of anilines is 1. The van der Waals surface area contributed by atoms with Gasteiger partial charge in [-0.3, -0.25) is 9.59 Å².